The largest absolute Gasteiger partial charge is 0.458 e. The van der Waals surface area contributed by atoms with E-state index in [4.69, 9.17) is 19.0 Å². The lowest BCUT2D eigenvalue weighted by atomic mass is 9.62. The summed E-state index contributed by atoms with van der Waals surface area (Å²) in [6.45, 7) is -1.92. The first-order valence-electron chi connectivity index (χ1n) is 14.9. The maximum absolute atomic E-state index is 13.9. The normalized spacial score (nSPS) is 34.1. The van der Waals surface area contributed by atoms with Gasteiger partial charge in [0.1, 0.15) is 29.8 Å². The summed E-state index contributed by atoms with van der Waals surface area (Å²) in [6, 6.07) is 5.65. The number of esters is 2. The Morgan fingerprint density at radius 1 is 1.14 bits per heavy atom. The van der Waals surface area contributed by atoms with Gasteiger partial charge in [-0.15, -0.1) is 0 Å². The predicted octanol–water partition coefficient (Wildman–Crippen LogP) is 2.01. The van der Waals surface area contributed by atoms with Crippen LogP contribution in [0, 0.1) is 17.3 Å². The van der Waals surface area contributed by atoms with Crippen LogP contribution in [0.1, 0.15) is 43.2 Å². The number of carbonyl (C=O) groups excluding carboxylic acids is 3. The summed E-state index contributed by atoms with van der Waals surface area (Å²) in [6.07, 6.45) is -1.13. The van der Waals surface area contributed by atoms with Crippen LogP contribution in [0.2, 0.25) is 0 Å². The number of halogens is 3. The Hall–Kier alpha value is -3.04. The zero-order chi connectivity index (χ0) is 30.9. The molecule has 0 radical (unpaired) electrons. The van der Waals surface area contributed by atoms with E-state index in [0.717, 1.165) is 31.8 Å². The smallest absolute Gasteiger partial charge is 0.422 e. The molecule has 1 aromatic rings. The Kier molecular flexibility index (Phi) is 7.28. The van der Waals surface area contributed by atoms with Gasteiger partial charge < -0.3 is 29.4 Å². The van der Waals surface area contributed by atoms with E-state index in [1.54, 1.807) is 24.3 Å². The van der Waals surface area contributed by atoms with E-state index in [2.05, 4.69) is 10.1 Å². The molecule has 0 aromatic heterocycles. The highest BCUT2D eigenvalue weighted by atomic mass is 19.4. The van der Waals surface area contributed by atoms with E-state index in [9.17, 15) is 32.7 Å². The third-order valence-electron chi connectivity index (χ3n) is 9.38. The predicted molar refractivity (Wildman–Crippen MR) is 142 cm³/mol. The quantitative estimate of drug-likeness (QED) is 0.295. The molecule has 6 aliphatic rings. The lowest BCUT2D eigenvalue weighted by molar-refractivity contribution is -0.235. The molecule has 0 spiro atoms. The molecule has 2 N–H and O–H groups in total. The molecule has 11 nitrogen and oxygen atoms in total. The number of benzene rings is 1. The van der Waals surface area contributed by atoms with Gasteiger partial charge in [-0.3, -0.25) is 14.4 Å². The number of carbonyl (C=O) groups is 3. The molecule has 2 bridgehead atoms. The minimum absolute atomic E-state index is 0.000932. The van der Waals surface area contributed by atoms with Gasteiger partial charge in [-0.1, -0.05) is 24.3 Å². The third kappa shape index (κ3) is 5.10. The number of aliphatic hydroxyl groups is 1. The molecule has 1 aromatic carbocycles. The van der Waals surface area contributed by atoms with E-state index in [-0.39, 0.29) is 38.0 Å². The Balaban J connectivity index is 1.16. The van der Waals surface area contributed by atoms with Crippen molar-refractivity contribution in [3.05, 3.63) is 41.5 Å². The molecule has 1 amide bonds. The van der Waals surface area contributed by atoms with Crippen molar-refractivity contribution >= 4 is 23.9 Å². The van der Waals surface area contributed by atoms with Crippen LogP contribution in [0.25, 0.3) is 6.08 Å². The number of nitrogens with one attached hydrogen (secondary N) is 1. The molecule has 3 heterocycles. The molecule has 3 aliphatic carbocycles. The van der Waals surface area contributed by atoms with Crippen molar-refractivity contribution in [2.24, 2.45) is 17.3 Å². The number of alkyl halides is 3. The number of hydrogen-bond acceptors (Lipinski definition) is 10. The van der Waals surface area contributed by atoms with Crippen LogP contribution in [-0.4, -0.2) is 90.2 Å². The summed E-state index contributed by atoms with van der Waals surface area (Å²) < 4.78 is 60.6. The van der Waals surface area contributed by atoms with Crippen molar-refractivity contribution in [1.82, 2.24) is 10.4 Å². The maximum atomic E-state index is 13.9. The summed E-state index contributed by atoms with van der Waals surface area (Å²) in [4.78, 5) is 45.8. The Morgan fingerprint density at radius 3 is 2.55 bits per heavy atom. The summed E-state index contributed by atoms with van der Waals surface area (Å²) in [7, 11) is 0. The van der Waals surface area contributed by atoms with Crippen LogP contribution in [0.5, 0.6) is 0 Å². The number of aliphatic hydroxyl groups excluding tert-OH is 1. The van der Waals surface area contributed by atoms with E-state index in [1.165, 1.54) is 11.1 Å². The fourth-order valence-corrected chi connectivity index (χ4v) is 7.34. The number of hydroxylamine groups is 2. The summed E-state index contributed by atoms with van der Waals surface area (Å²) in [5.74, 6) is -2.50. The van der Waals surface area contributed by atoms with Crippen molar-refractivity contribution in [1.29, 1.82) is 0 Å². The maximum Gasteiger partial charge on any atom is 0.422 e. The summed E-state index contributed by atoms with van der Waals surface area (Å²) >= 11 is 0. The van der Waals surface area contributed by atoms with Gasteiger partial charge in [0.25, 0.3) is 0 Å². The fourth-order valence-electron chi connectivity index (χ4n) is 7.34. The molecule has 3 saturated carbocycles. The lowest BCUT2D eigenvalue weighted by Gasteiger charge is -2.48. The van der Waals surface area contributed by atoms with Crippen LogP contribution in [0.4, 0.5) is 13.2 Å². The molecule has 7 rings (SSSR count). The van der Waals surface area contributed by atoms with E-state index in [0.29, 0.717) is 11.1 Å². The van der Waals surface area contributed by atoms with Crippen molar-refractivity contribution < 1.29 is 56.4 Å². The molecular formula is C30H33F3N2O9. The summed E-state index contributed by atoms with van der Waals surface area (Å²) in [5, 5.41) is 13.6. The Morgan fingerprint density at radius 2 is 1.86 bits per heavy atom. The minimum Gasteiger partial charge on any atom is -0.458 e. The number of fused-ring (bicyclic) bond motifs is 4. The first-order chi connectivity index (χ1) is 21.0. The number of amides is 1. The van der Waals surface area contributed by atoms with Crippen LogP contribution in [0.3, 0.4) is 0 Å². The van der Waals surface area contributed by atoms with Crippen LogP contribution < -0.4 is 5.32 Å². The number of hydrogen-bond donors (Lipinski definition) is 2. The monoisotopic (exact) mass is 622 g/mol. The molecule has 3 saturated heterocycles. The average molecular weight is 623 g/mol. The third-order valence-corrected chi connectivity index (χ3v) is 9.38. The van der Waals surface area contributed by atoms with E-state index in [1.807, 2.05) is 0 Å². The molecule has 0 unspecified atom stereocenters. The molecular weight excluding hydrogens is 589 g/mol. The van der Waals surface area contributed by atoms with Gasteiger partial charge >= 0.3 is 18.1 Å². The highest BCUT2D eigenvalue weighted by Crippen LogP contribution is 2.63. The number of rotatable bonds is 10. The van der Waals surface area contributed by atoms with Gasteiger partial charge in [0.2, 0.25) is 5.91 Å². The van der Waals surface area contributed by atoms with Crippen molar-refractivity contribution in [3.63, 3.8) is 0 Å². The van der Waals surface area contributed by atoms with E-state index < -0.39 is 72.3 Å². The standard InChI is InChI=1S/C30H33F3N2O9/c31-29(32,33)15-40-21(37)9-4-16-2-1-3-17(12-16)14-35-24-26(38)41-20-13-28(24,27(39)34-10-11-36)25(44-35)23-22(20)42-30(43-23,18-5-6-18)19-7-8-19/h1-4,9,12,18-20,22-25,36H,5-8,10-11,13-15H2,(H,34,39)/t20-,22+,23+,24+,25-,28+/m1/s1. The van der Waals surface area contributed by atoms with Crippen molar-refractivity contribution in [2.45, 2.75) is 81.1 Å². The highest BCUT2D eigenvalue weighted by molar-refractivity contribution is 5.93. The van der Waals surface area contributed by atoms with Gasteiger partial charge in [0.05, 0.1) is 13.2 Å². The Labute approximate surface area is 250 Å². The van der Waals surface area contributed by atoms with Gasteiger partial charge in [-0.05, 0) is 42.9 Å². The minimum atomic E-state index is -4.63. The zero-order valence-electron chi connectivity index (χ0n) is 23.7. The highest BCUT2D eigenvalue weighted by Gasteiger charge is 2.78. The second-order valence-electron chi connectivity index (χ2n) is 12.4. The van der Waals surface area contributed by atoms with Crippen molar-refractivity contribution in [3.8, 4) is 0 Å². The van der Waals surface area contributed by atoms with Crippen molar-refractivity contribution in [2.75, 3.05) is 19.8 Å². The lowest BCUT2D eigenvalue weighted by Crippen LogP contribution is -2.69. The first-order valence-corrected chi connectivity index (χ1v) is 14.9. The van der Waals surface area contributed by atoms with Crippen LogP contribution in [-0.2, 0) is 44.7 Å². The molecule has 6 fully saturated rings. The van der Waals surface area contributed by atoms with E-state index >= 15 is 0 Å². The molecule has 44 heavy (non-hydrogen) atoms. The van der Waals surface area contributed by atoms with Crippen LogP contribution >= 0.6 is 0 Å². The molecule has 238 valence electrons. The van der Waals surface area contributed by atoms with Gasteiger partial charge in [-0.25, -0.2) is 4.79 Å². The second-order valence-corrected chi connectivity index (χ2v) is 12.4. The van der Waals surface area contributed by atoms with Gasteiger partial charge in [0, 0.05) is 30.9 Å². The topological polar surface area (TPSA) is 133 Å². The molecule has 3 aliphatic heterocycles. The molecule has 6 atom stereocenters. The van der Waals surface area contributed by atoms with Gasteiger partial charge in [-0.2, -0.15) is 18.2 Å². The SMILES string of the molecule is O=C(C=Cc1cccc(CN2O[C@@H]3[C@H]4OC(C5CC5)(C5CC5)O[C@H]4[C@H]4C[C@]3(C(=O)NCCO)[C@@H]2C(=O)O4)c1)OCC(F)(F)F. The zero-order valence-corrected chi connectivity index (χ0v) is 23.7. The number of ether oxygens (including phenoxy) is 4. The first kappa shape index (κ1) is 29.7. The number of nitrogens with zero attached hydrogens (tertiary/aromatic N) is 1. The van der Waals surface area contributed by atoms with Crippen LogP contribution in [0.15, 0.2) is 30.3 Å². The molecule has 14 heteroatoms. The Bertz CT molecular complexity index is 1350. The second kappa shape index (κ2) is 10.8. The fraction of sp³-hybridized carbons (Fsp3) is 0.633. The average Bonchev–Trinajstić information content (AvgIpc) is 3.93. The summed E-state index contributed by atoms with van der Waals surface area (Å²) in [5.41, 5.74) is -0.223. The van der Waals surface area contributed by atoms with Gasteiger partial charge in [0.15, 0.2) is 18.4 Å².